The number of carbonyl (C=O) groups excluding carboxylic acids is 1. The Bertz CT molecular complexity index is 1310. The molecule has 200 valence electrons. The second kappa shape index (κ2) is 11.9. The summed E-state index contributed by atoms with van der Waals surface area (Å²) in [6.07, 6.45) is 1.34. The van der Waals surface area contributed by atoms with Crippen LogP contribution in [0, 0.1) is 17.0 Å². The number of nitro benzene ring substituents is 1. The van der Waals surface area contributed by atoms with Crippen LogP contribution in [0.3, 0.4) is 0 Å². The lowest BCUT2D eigenvalue weighted by Gasteiger charge is -2.38. The van der Waals surface area contributed by atoms with Crippen molar-refractivity contribution in [2.24, 2.45) is 0 Å². The van der Waals surface area contributed by atoms with E-state index in [1.165, 1.54) is 6.07 Å². The Morgan fingerprint density at radius 1 is 1.05 bits per heavy atom. The maximum absolute atomic E-state index is 13.1. The average molecular weight is 520 g/mol. The van der Waals surface area contributed by atoms with Gasteiger partial charge in [0.25, 0.3) is 5.69 Å². The number of fused-ring (bicyclic) bond motifs is 1. The molecule has 0 spiro atoms. The molecule has 0 saturated carbocycles. The molecule has 3 aromatic carbocycles. The van der Waals surface area contributed by atoms with Gasteiger partial charge in [0.2, 0.25) is 0 Å². The van der Waals surface area contributed by atoms with Crippen molar-refractivity contribution in [2.45, 2.75) is 32.7 Å². The summed E-state index contributed by atoms with van der Waals surface area (Å²) in [6.45, 7) is 5.14. The number of non-ortho nitro benzene ring substituents is 1. The van der Waals surface area contributed by atoms with Gasteiger partial charge in [-0.1, -0.05) is 12.1 Å². The SMILES string of the molecule is CCNC(=O)N1CCc2cc(OC)c(OCCc3ccc(OC)cc3)cc2C1c1ccc([N+](=O)[O-])cc1C. The van der Waals surface area contributed by atoms with Crippen molar-refractivity contribution in [1.82, 2.24) is 10.2 Å². The number of methoxy groups -OCH3 is 2. The van der Waals surface area contributed by atoms with Gasteiger partial charge in [-0.25, -0.2) is 4.79 Å². The highest BCUT2D eigenvalue weighted by Crippen LogP contribution is 2.42. The van der Waals surface area contributed by atoms with Crippen molar-refractivity contribution < 1.29 is 23.9 Å². The third kappa shape index (κ3) is 5.66. The number of amides is 2. The molecule has 0 aliphatic carbocycles. The van der Waals surface area contributed by atoms with Crippen LogP contribution >= 0.6 is 0 Å². The van der Waals surface area contributed by atoms with Crippen LogP contribution in [0.25, 0.3) is 0 Å². The van der Waals surface area contributed by atoms with Crippen molar-refractivity contribution in [2.75, 3.05) is 33.9 Å². The zero-order valence-electron chi connectivity index (χ0n) is 22.2. The number of ether oxygens (including phenoxy) is 3. The summed E-state index contributed by atoms with van der Waals surface area (Å²) in [5.41, 5.74) is 4.67. The molecule has 0 bridgehead atoms. The van der Waals surface area contributed by atoms with Gasteiger partial charge in [0.15, 0.2) is 11.5 Å². The molecule has 9 nitrogen and oxygen atoms in total. The van der Waals surface area contributed by atoms with Gasteiger partial charge in [-0.2, -0.15) is 0 Å². The number of nitro groups is 1. The van der Waals surface area contributed by atoms with Crippen molar-refractivity contribution in [3.63, 3.8) is 0 Å². The second-order valence-electron chi connectivity index (χ2n) is 9.13. The number of hydrogen-bond acceptors (Lipinski definition) is 6. The number of urea groups is 1. The van der Waals surface area contributed by atoms with E-state index in [1.54, 1.807) is 31.3 Å². The van der Waals surface area contributed by atoms with Gasteiger partial charge >= 0.3 is 6.03 Å². The zero-order chi connectivity index (χ0) is 27.2. The Morgan fingerprint density at radius 3 is 2.45 bits per heavy atom. The largest absolute Gasteiger partial charge is 0.497 e. The monoisotopic (exact) mass is 519 g/mol. The summed E-state index contributed by atoms with van der Waals surface area (Å²) in [4.78, 5) is 25.8. The molecule has 1 heterocycles. The fourth-order valence-corrected chi connectivity index (χ4v) is 4.86. The van der Waals surface area contributed by atoms with Crippen LogP contribution in [0.4, 0.5) is 10.5 Å². The average Bonchev–Trinajstić information content (AvgIpc) is 2.92. The highest BCUT2D eigenvalue weighted by Gasteiger charge is 2.34. The first kappa shape index (κ1) is 26.8. The first-order valence-corrected chi connectivity index (χ1v) is 12.6. The summed E-state index contributed by atoms with van der Waals surface area (Å²) in [6, 6.07) is 15.9. The second-order valence-corrected chi connectivity index (χ2v) is 9.13. The molecule has 38 heavy (non-hydrogen) atoms. The molecule has 0 aromatic heterocycles. The Hall–Kier alpha value is -4.27. The fourth-order valence-electron chi connectivity index (χ4n) is 4.86. The Labute approximate surface area is 222 Å². The Morgan fingerprint density at radius 2 is 1.82 bits per heavy atom. The highest BCUT2D eigenvalue weighted by molar-refractivity contribution is 5.76. The molecule has 3 aromatic rings. The summed E-state index contributed by atoms with van der Waals surface area (Å²) < 4.78 is 17.1. The Kier molecular flexibility index (Phi) is 8.35. The predicted molar refractivity (Wildman–Crippen MR) is 144 cm³/mol. The van der Waals surface area contributed by atoms with Crippen LogP contribution in [0.1, 0.15) is 40.8 Å². The minimum atomic E-state index is -0.430. The van der Waals surface area contributed by atoms with Crippen LogP contribution in [0.5, 0.6) is 17.2 Å². The van der Waals surface area contributed by atoms with E-state index in [0.717, 1.165) is 33.6 Å². The number of hydrogen-bond donors (Lipinski definition) is 1. The number of rotatable bonds is 9. The van der Waals surface area contributed by atoms with Gasteiger partial charge in [-0.3, -0.25) is 10.1 Å². The molecule has 4 rings (SSSR count). The number of aryl methyl sites for hydroxylation is 1. The van der Waals surface area contributed by atoms with Crippen molar-refractivity contribution in [3.05, 3.63) is 92.5 Å². The summed E-state index contributed by atoms with van der Waals surface area (Å²) >= 11 is 0. The van der Waals surface area contributed by atoms with Crippen LogP contribution in [0.2, 0.25) is 0 Å². The quantitative estimate of drug-likeness (QED) is 0.307. The van der Waals surface area contributed by atoms with E-state index in [4.69, 9.17) is 14.2 Å². The maximum Gasteiger partial charge on any atom is 0.318 e. The van der Waals surface area contributed by atoms with Gasteiger partial charge in [-0.15, -0.1) is 0 Å². The molecule has 0 fully saturated rings. The summed E-state index contributed by atoms with van der Waals surface area (Å²) in [7, 11) is 3.25. The van der Waals surface area contributed by atoms with E-state index in [9.17, 15) is 14.9 Å². The third-order valence-corrected chi connectivity index (χ3v) is 6.81. The van der Waals surface area contributed by atoms with Gasteiger partial charge in [-0.05, 0) is 78.4 Å². The normalized spacial score (nSPS) is 14.4. The molecule has 9 heteroatoms. The topological polar surface area (TPSA) is 103 Å². The minimum Gasteiger partial charge on any atom is -0.497 e. The minimum absolute atomic E-state index is 0.0177. The third-order valence-electron chi connectivity index (χ3n) is 6.81. The molecular formula is C29H33N3O6. The summed E-state index contributed by atoms with van der Waals surface area (Å²) in [5, 5.41) is 14.2. The Balaban J connectivity index is 1.69. The summed E-state index contributed by atoms with van der Waals surface area (Å²) in [5.74, 6) is 2.02. The van der Waals surface area contributed by atoms with E-state index in [2.05, 4.69) is 5.32 Å². The molecule has 1 atom stereocenters. The molecule has 1 N–H and O–H groups in total. The standard InChI is InChI=1S/C29H33N3O6/c1-5-30-29(33)31-14-12-21-17-26(37-4)27(38-15-13-20-6-9-23(36-3)10-7-20)18-25(21)28(31)24-11-8-22(32(34)35)16-19(24)2/h6-11,16-18,28H,5,12-15H2,1-4H3,(H,30,33). The molecule has 2 amide bonds. The number of nitrogens with zero attached hydrogens (tertiary/aromatic N) is 2. The van der Waals surface area contributed by atoms with Crippen LogP contribution in [-0.2, 0) is 12.8 Å². The first-order valence-electron chi connectivity index (χ1n) is 12.6. The van der Waals surface area contributed by atoms with Crippen molar-refractivity contribution >= 4 is 11.7 Å². The highest BCUT2D eigenvalue weighted by atomic mass is 16.6. The number of nitrogens with one attached hydrogen (secondary N) is 1. The van der Waals surface area contributed by atoms with Crippen LogP contribution in [0.15, 0.2) is 54.6 Å². The van der Waals surface area contributed by atoms with E-state index < -0.39 is 11.0 Å². The lowest BCUT2D eigenvalue weighted by Crippen LogP contribution is -2.46. The molecular weight excluding hydrogens is 486 g/mol. The molecule has 0 saturated heterocycles. The zero-order valence-corrected chi connectivity index (χ0v) is 22.2. The van der Waals surface area contributed by atoms with E-state index in [0.29, 0.717) is 44.0 Å². The molecule has 1 unspecified atom stereocenters. The molecule has 1 aliphatic rings. The van der Waals surface area contributed by atoms with E-state index in [-0.39, 0.29) is 11.7 Å². The number of benzene rings is 3. The van der Waals surface area contributed by atoms with Gasteiger partial charge in [0.05, 0.1) is 31.8 Å². The van der Waals surface area contributed by atoms with Crippen LogP contribution in [-0.4, -0.2) is 49.8 Å². The lowest BCUT2D eigenvalue weighted by molar-refractivity contribution is -0.384. The molecule has 1 aliphatic heterocycles. The smallest absolute Gasteiger partial charge is 0.318 e. The predicted octanol–water partition coefficient (Wildman–Crippen LogP) is 5.22. The van der Waals surface area contributed by atoms with Crippen LogP contribution < -0.4 is 19.5 Å². The van der Waals surface area contributed by atoms with Gasteiger partial charge in [0, 0.05) is 31.6 Å². The van der Waals surface area contributed by atoms with Gasteiger partial charge < -0.3 is 24.4 Å². The number of carbonyl (C=O) groups is 1. The first-order chi connectivity index (χ1) is 18.4. The lowest BCUT2D eigenvalue weighted by atomic mass is 9.86. The fraction of sp³-hybridized carbons (Fsp3) is 0.345. The van der Waals surface area contributed by atoms with E-state index >= 15 is 0 Å². The van der Waals surface area contributed by atoms with Gasteiger partial charge in [0.1, 0.15) is 5.75 Å². The molecule has 0 radical (unpaired) electrons. The van der Waals surface area contributed by atoms with Crippen molar-refractivity contribution in [1.29, 1.82) is 0 Å². The maximum atomic E-state index is 13.1. The van der Waals surface area contributed by atoms with E-state index in [1.807, 2.05) is 50.2 Å². The van der Waals surface area contributed by atoms with Crippen molar-refractivity contribution in [3.8, 4) is 17.2 Å².